The highest BCUT2D eigenvalue weighted by atomic mass is 35.5. The molecule has 0 saturated heterocycles. The standard InChI is InChI=1S/C27H24N4.C8H7ClO/c28-27-26-24(18-23(29-27)16-20-10-4-1-5-11-20)31(19-22-14-8-3-9-15-22)25(30-26)17-21-12-6-2-7-13-21;9-8(10)6-7-4-2-1-3-5-7/h1-15,18H,16-17,19H2,(H2,28,29);1-5H,6H2. The number of nitrogen functional groups attached to an aromatic ring is 1. The topological polar surface area (TPSA) is 73.8 Å². The molecule has 0 aliphatic heterocycles. The lowest BCUT2D eigenvalue weighted by Gasteiger charge is -2.11. The number of hydrogen-bond donors (Lipinski definition) is 1. The Kier molecular flexibility index (Phi) is 9.19. The minimum atomic E-state index is -0.314. The van der Waals surface area contributed by atoms with Crippen LogP contribution in [0.15, 0.2) is 127 Å². The maximum atomic E-state index is 10.4. The maximum Gasteiger partial charge on any atom is 0.226 e. The monoisotopic (exact) mass is 558 g/mol. The van der Waals surface area contributed by atoms with Gasteiger partial charge < -0.3 is 10.3 Å². The third-order valence-electron chi connectivity index (χ3n) is 6.70. The smallest absolute Gasteiger partial charge is 0.226 e. The van der Waals surface area contributed by atoms with E-state index in [0.717, 1.165) is 47.5 Å². The molecule has 4 aromatic carbocycles. The summed E-state index contributed by atoms with van der Waals surface area (Å²) in [6, 6.07) is 42.8. The summed E-state index contributed by atoms with van der Waals surface area (Å²) in [4.78, 5) is 20.0. The maximum absolute atomic E-state index is 10.4. The van der Waals surface area contributed by atoms with E-state index in [1.807, 2.05) is 48.5 Å². The average Bonchev–Trinajstić information content (AvgIpc) is 3.32. The number of fused-ring (bicyclic) bond motifs is 1. The fourth-order valence-corrected chi connectivity index (χ4v) is 4.91. The molecule has 0 aliphatic rings. The molecule has 0 amide bonds. The zero-order valence-electron chi connectivity index (χ0n) is 22.7. The Morgan fingerprint density at radius 3 is 1.68 bits per heavy atom. The number of carbonyl (C=O) groups is 1. The first-order valence-corrected chi connectivity index (χ1v) is 13.9. The van der Waals surface area contributed by atoms with Crippen LogP contribution in [0.3, 0.4) is 0 Å². The highest BCUT2D eigenvalue weighted by Crippen LogP contribution is 2.25. The molecule has 0 spiro atoms. The van der Waals surface area contributed by atoms with E-state index in [-0.39, 0.29) is 5.24 Å². The predicted octanol–water partition coefficient (Wildman–Crippen LogP) is 7.24. The van der Waals surface area contributed by atoms with Crippen LogP contribution in [0.4, 0.5) is 5.82 Å². The summed E-state index contributed by atoms with van der Waals surface area (Å²) >= 11 is 5.17. The number of nitrogens with zero attached hydrogens (tertiary/aromatic N) is 3. The quantitative estimate of drug-likeness (QED) is 0.200. The van der Waals surface area contributed by atoms with E-state index in [9.17, 15) is 4.79 Å². The van der Waals surface area contributed by atoms with Crippen LogP contribution in [0.1, 0.15) is 33.8 Å². The molecule has 0 fully saturated rings. The van der Waals surface area contributed by atoms with Crippen LogP contribution in [-0.4, -0.2) is 19.8 Å². The minimum absolute atomic E-state index is 0.314. The molecule has 2 aromatic heterocycles. The number of carbonyl (C=O) groups excluding carboxylic acids is 1. The largest absolute Gasteiger partial charge is 0.382 e. The lowest BCUT2D eigenvalue weighted by atomic mass is 10.1. The summed E-state index contributed by atoms with van der Waals surface area (Å²) in [7, 11) is 0. The summed E-state index contributed by atoms with van der Waals surface area (Å²) in [5.74, 6) is 1.49. The van der Waals surface area contributed by atoms with Crippen LogP contribution < -0.4 is 5.73 Å². The molecule has 0 saturated carbocycles. The predicted molar refractivity (Wildman–Crippen MR) is 167 cm³/mol. The van der Waals surface area contributed by atoms with Crippen molar-refractivity contribution in [3.05, 3.63) is 161 Å². The molecule has 0 radical (unpaired) electrons. The van der Waals surface area contributed by atoms with Crippen molar-refractivity contribution < 1.29 is 4.79 Å². The molecule has 6 rings (SSSR count). The molecule has 6 heteroatoms. The third kappa shape index (κ3) is 7.68. The van der Waals surface area contributed by atoms with Crippen molar-refractivity contribution in [2.24, 2.45) is 0 Å². The van der Waals surface area contributed by atoms with Crippen LogP contribution in [0.5, 0.6) is 0 Å². The first kappa shape index (κ1) is 27.8. The van der Waals surface area contributed by atoms with Crippen molar-refractivity contribution in [3.8, 4) is 0 Å². The number of anilines is 1. The summed E-state index contributed by atoms with van der Waals surface area (Å²) in [6.45, 7) is 0.744. The second-order valence-corrected chi connectivity index (χ2v) is 10.2. The van der Waals surface area contributed by atoms with Crippen molar-refractivity contribution in [3.63, 3.8) is 0 Å². The fraction of sp³-hybridized carbons (Fsp3) is 0.114. The summed E-state index contributed by atoms with van der Waals surface area (Å²) < 4.78 is 2.28. The van der Waals surface area contributed by atoms with Gasteiger partial charge in [-0.1, -0.05) is 121 Å². The summed E-state index contributed by atoms with van der Waals surface area (Å²) in [6.07, 6.45) is 1.81. The van der Waals surface area contributed by atoms with Crippen molar-refractivity contribution >= 4 is 33.7 Å². The number of halogens is 1. The highest BCUT2D eigenvalue weighted by Gasteiger charge is 2.16. The second-order valence-electron chi connectivity index (χ2n) is 9.81. The van der Waals surface area contributed by atoms with Gasteiger partial charge in [0.15, 0.2) is 5.82 Å². The SMILES string of the molecule is Nc1nc(Cc2ccccc2)cc2c1nc(Cc1ccccc1)n2Cc1ccccc1.O=C(Cl)Cc1ccccc1. The Bertz CT molecular complexity index is 1700. The van der Waals surface area contributed by atoms with E-state index < -0.39 is 0 Å². The number of pyridine rings is 1. The van der Waals surface area contributed by atoms with Crippen LogP contribution in [0, 0.1) is 0 Å². The molecule has 41 heavy (non-hydrogen) atoms. The molecule has 2 heterocycles. The van der Waals surface area contributed by atoms with E-state index in [0.29, 0.717) is 12.2 Å². The fourth-order valence-electron chi connectivity index (χ4n) is 4.75. The van der Waals surface area contributed by atoms with Gasteiger partial charge in [-0.05, 0) is 39.9 Å². The number of nitrogens with two attached hydrogens (primary N) is 1. The lowest BCUT2D eigenvalue weighted by Crippen LogP contribution is -2.06. The normalized spacial score (nSPS) is 10.7. The Hall–Kier alpha value is -4.74. The summed E-state index contributed by atoms with van der Waals surface area (Å²) in [5, 5.41) is -0.314. The van der Waals surface area contributed by atoms with E-state index in [1.165, 1.54) is 16.7 Å². The summed E-state index contributed by atoms with van der Waals surface area (Å²) in [5.41, 5.74) is 13.8. The van der Waals surface area contributed by atoms with Gasteiger partial charge in [-0.3, -0.25) is 4.79 Å². The molecule has 6 aromatic rings. The molecule has 204 valence electrons. The number of aromatic nitrogens is 3. The van der Waals surface area contributed by atoms with Gasteiger partial charge in [0.2, 0.25) is 5.24 Å². The molecule has 5 nitrogen and oxygen atoms in total. The Labute approximate surface area is 245 Å². The molecular weight excluding hydrogens is 528 g/mol. The van der Waals surface area contributed by atoms with Gasteiger partial charge in [0.05, 0.1) is 5.52 Å². The zero-order valence-corrected chi connectivity index (χ0v) is 23.4. The van der Waals surface area contributed by atoms with Gasteiger partial charge in [-0.15, -0.1) is 0 Å². The number of benzene rings is 4. The highest BCUT2D eigenvalue weighted by molar-refractivity contribution is 6.63. The second kappa shape index (κ2) is 13.6. The van der Waals surface area contributed by atoms with E-state index in [2.05, 4.69) is 88.4 Å². The lowest BCUT2D eigenvalue weighted by molar-refractivity contribution is -0.111. The van der Waals surface area contributed by atoms with E-state index in [4.69, 9.17) is 22.3 Å². The third-order valence-corrected chi connectivity index (χ3v) is 6.83. The van der Waals surface area contributed by atoms with Crippen LogP contribution in [0.25, 0.3) is 11.0 Å². The van der Waals surface area contributed by atoms with Crippen molar-refractivity contribution in [2.75, 3.05) is 5.73 Å². The molecule has 0 atom stereocenters. The van der Waals surface area contributed by atoms with Gasteiger partial charge >= 0.3 is 0 Å². The molecular formula is C35H31ClN4O. The Morgan fingerprint density at radius 2 is 1.15 bits per heavy atom. The van der Waals surface area contributed by atoms with Crippen LogP contribution in [0.2, 0.25) is 0 Å². The van der Waals surface area contributed by atoms with Gasteiger partial charge in [-0.2, -0.15) is 0 Å². The Balaban J connectivity index is 0.000000287. The first-order chi connectivity index (χ1) is 20.0. The molecule has 0 aliphatic carbocycles. The minimum Gasteiger partial charge on any atom is -0.382 e. The van der Waals surface area contributed by atoms with E-state index in [1.54, 1.807) is 0 Å². The zero-order chi connectivity index (χ0) is 28.4. The number of imidazole rings is 1. The van der Waals surface area contributed by atoms with Gasteiger partial charge in [0.1, 0.15) is 11.3 Å². The van der Waals surface area contributed by atoms with Crippen molar-refractivity contribution in [1.82, 2.24) is 14.5 Å². The molecule has 2 N–H and O–H groups in total. The average molecular weight is 559 g/mol. The molecule has 0 bridgehead atoms. The van der Waals surface area contributed by atoms with Crippen molar-refractivity contribution in [1.29, 1.82) is 0 Å². The van der Waals surface area contributed by atoms with Gasteiger partial charge in [0.25, 0.3) is 0 Å². The molecule has 0 unspecified atom stereocenters. The van der Waals surface area contributed by atoms with Gasteiger partial charge in [-0.25, -0.2) is 9.97 Å². The van der Waals surface area contributed by atoms with Crippen LogP contribution >= 0.6 is 11.6 Å². The van der Waals surface area contributed by atoms with Gasteiger partial charge in [0, 0.05) is 31.5 Å². The van der Waals surface area contributed by atoms with E-state index >= 15 is 0 Å². The van der Waals surface area contributed by atoms with Crippen LogP contribution in [-0.2, 0) is 30.6 Å². The first-order valence-electron chi connectivity index (χ1n) is 13.5. The van der Waals surface area contributed by atoms with Crippen molar-refractivity contribution in [2.45, 2.75) is 25.8 Å². The number of rotatable bonds is 8. The number of hydrogen-bond acceptors (Lipinski definition) is 4. The Morgan fingerprint density at radius 1 is 0.659 bits per heavy atom.